The number of anilines is 1. The average molecular weight is 361 g/mol. The summed E-state index contributed by atoms with van der Waals surface area (Å²) in [6, 6.07) is 6.16. The zero-order valence-electron chi connectivity index (χ0n) is 13.8. The third-order valence-corrected chi connectivity index (χ3v) is 6.09. The maximum atomic E-state index is 13.0. The van der Waals surface area contributed by atoms with Crippen molar-refractivity contribution >= 4 is 22.5 Å². The first-order valence-corrected chi connectivity index (χ1v) is 9.39. The van der Waals surface area contributed by atoms with Crippen LogP contribution in [0.3, 0.4) is 0 Å². The molecule has 7 heteroatoms. The molecule has 1 aromatic heterocycles. The number of thiazole rings is 1. The molecule has 1 atom stereocenters. The number of benzene rings is 1. The molecule has 2 amide bonds. The van der Waals surface area contributed by atoms with Crippen molar-refractivity contribution in [3.05, 3.63) is 35.5 Å². The van der Waals surface area contributed by atoms with Crippen LogP contribution >= 0.6 is 11.3 Å². The van der Waals surface area contributed by atoms with Crippen molar-refractivity contribution in [1.82, 2.24) is 10.3 Å². The molecule has 1 saturated heterocycles. The van der Waals surface area contributed by atoms with Gasteiger partial charge in [-0.2, -0.15) is 0 Å². The number of aromatic nitrogens is 1. The lowest BCUT2D eigenvalue weighted by atomic mass is 9.60. The van der Waals surface area contributed by atoms with Gasteiger partial charge in [-0.05, 0) is 55.4 Å². The first kappa shape index (κ1) is 16.5. The van der Waals surface area contributed by atoms with Crippen molar-refractivity contribution in [3.63, 3.8) is 0 Å². The van der Waals surface area contributed by atoms with Gasteiger partial charge < -0.3 is 10.1 Å². The molecule has 0 bridgehead atoms. The van der Waals surface area contributed by atoms with Gasteiger partial charge in [0.05, 0.1) is 5.69 Å². The Morgan fingerprint density at radius 2 is 2.00 bits per heavy atom. The van der Waals surface area contributed by atoms with E-state index in [1.165, 1.54) is 23.5 Å². The van der Waals surface area contributed by atoms with Crippen molar-refractivity contribution in [2.24, 2.45) is 5.41 Å². The molecule has 132 valence electrons. The third-order valence-electron chi connectivity index (χ3n) is 5.33. The van der Waals surface area contributed by atoms with Crippen LogP contribution in [-0.4, -0.2) is 30.3 Å². The second kappa shape index (κ2) is 6.72. The van der Waals surface area contributed by atoms with Crippen LogP contribution in [0.15, 0.2) is 29.6 Å². The van der Waals surface area contributed by atoms with Gasteiger partial charge in [0.2, 0.25) is 0 Å². The highest BCUT2D eigenvalue weighted by atomic mass is 32.1. The highest BCUT2D eigenvalue weighted by Gasteiger charge is 2.48. The van der Waals surface area contributed by atoms with E-state index in [9.17, 15) is 9.18 Å². The van der Waals surface area contributed by atoms with E-state index in [0.29, 0.717) is 5.13 Å². The third kappa shape index (κ3) is 3.39. The zero-order chi connectivity index (χ0) is 17.3. The molecule has 2 fully saturated rings. The van der Waals surface area contributed by atoms with Crippen LogP contribution in [0.1, 0.15) is 25.7 Å². The SMILES string of the molecule is O=C(Nc1nc(-c2ccc(F)cc2)cs1)NC1CCC12CCOCC2. The molecule has 4 rings (SSSR count). The first-order valence-electron chi connectivity index (χ1n) is 8.51. The summed E-state index contributed by atoms with van der Waals surface area (Å²) in [5, 5.41) is 8.30. The molecule has 1 spiro atoms. The van der Waals surface area contributed by atoms with E-state index < -0.39 is 0 Å². The van der Waals surface area contributed by atoms with Crippen molar-refractivity contribution in [2.75, 3.05) is 18.5 Å². The minimum atomic E-state index is -0.278. The summed E-state index contributed by atoms with van der Waals surface area (Å²) in [6.07, 6.45) is 4.22. The Morgan fingerprint density at radius 3 is 2.68 bits per heavy atom. The molecule has 2 heterocycles. The summed E-state index contributed by atoms with van der Waals surface area (Å²) >= 11 is 1.36. The van der Waals surface area contributed by atoms with E-state index in [1.807, 2.05) is 5.38 Å². The number of carbonyl (C=O) groups excluding carboxylic acids is 1. The number of carbonyl (C=O) groups is 1. The largest absolute Gasteiger partial charge is 0.381 e. The number of amides is 2. The summed E-state index contributed by atoms with van der Waals surface area (Å²) in [6.45, 7) is 1.57. The molecule has 1 saturated carbocycles. The number of ether oxygens (including phenoxy) is 1. The lowest BCUT2D eigenvalue weighted by molar-refractivity contribution is -0.0507. The van der Waals surface area contributed by atoms with Crippen LogP contribution in [-0.2, 0) is 4.74 Å². The molecular weight excluding hydrogens is 341 g/mol. The smallest absolute Gasteiger partial charge is 0.321 e. The number of urea groups is 1. The summed E-state index contributed by atoms with van der Waals surface area (Å²) < 4.78 is 18.4. The lowest BCUT2D eigenvalue weighted by Gasteiger charge is -2.51. The van der Waals surface area contributed by atoms with Gasteiger partial charge in [0.1, 0.15) is 5.82 Å². The minimum absolute atomic E-state index is 0.212. The normalized spacial score (nSPS) is 21.6. The van der Waals surface area contributed by atoms with Crippen LogP contribution < -0.4 is 10.6 Å². The predicted octanol–water partition coefficient (Wildman–Crippen LogP) is 4.03. The van der Waals surface area contributed by atoms with Crippen LogP contribution in [0.4, 0.5) is 14.3 Å². The van der Waals surface area contributed by atoms with E-state index >= 15 is 0 Å². The van der Waals surface area contributed by atoms with Crippen LogP contribution in [0.2, 0.25) is 0 Å². The zero-order valence-corrected chi connectivity index (χ0v) is 14.6. The van der Waals surface area contributed by atoms with Gasteiger partial charge in [-0.25, -0.2) is 14.2 Å². The predicted molar refractivity (Wildman–Crippen MR) is 95.2 cm³/mol. The van der Waals surface area contributed by atoms with Gasteiger partial charge in [-0.3, -0.25) is 5.32 Å². The molecule has 1 aromatic carbocycles. The molecule has 25 heavy (non-hydrogen) atoms. The molecule has 1 unspecified atom stereocenters. The van der Waals surface area contributed by atoms with Gasteiger partial charge in [-0.15, -0.1) is 11.3 Å². The van der Waals surface area contributed by atoms with Crippen LogP contribution in [0.5, 0.6) is 0 Å². The van der Waals surface area contributed by atoms with Crippen LogP contribution in [0.25, 0.3) is 11.3 Å². The highest BCUT2D eigenvalue weighted by Crippen LogP contribution is 2.48. The number of halogens is 1. The summed E-state index contributed by atoms with van der Waals surface area (Å²) in [5.74, 6) is -0.278. The fourth-order valence-electron chi connectivity index (χ4n) is 3.67. The number of hydrogen-bond donors (Lipinski definition) is 2. The van der Waals surface area contributed by atoms with Gasteiger partial charge >= 0.3 is 6.03 Å². The van der Waals surface area contributed by atoms with E-state index in [0.717, 1.165) is 50.2 Å². The molecule has 2 aliphatic rings. The Kier molecular flexibility index (Phi) is 4.43. The monoisotopic (exact) mass is 361 g/mol. The Morgan fingerprint density at radius 1 is 1.24 bits per heavy atom. The maximum Gasteiger partial charge on any atom is 0.321 e. The number of rotatable bonds is 3. The molecule has 2 aromatic rings. The van der Waals surface area contributed by atoms with Gasteiger partial charge in [-0.1, -0.05) is 0 Å². The van der Waals surface area contributed by atoms with Crippen molar-refractivity contribution in [1.29, 1.82) is 0 Å². The van der Waals surface area contributed by atoms with Gasteiger partial charge in [0.15, 0.2) is 5.13 Å². The van der Waals surface area contributed by atoms with Crippen molar-refractivity contribution in [2.45, 2.75) is 31.7 Å². The van der Waals surface area contributed by atoms with E-state index in [-0.39, 0.29) is 23.3 Å². The van der Waals surface area contributed by atoms with Crippen molar-refractivity contribution in [3.8, 4) is 11.3 Å². The second-order valence-electron chi connectivity index (χ2n) is 6.71. The quantitative estimate of drug-likeness (QED) is 0.868. The number of hydrogen-bond acceptors (Lipinski definition) is 4. The summed E-state index contributed by atoms with van der Waals surface area (Å²) in [7, 11) is 0. The number of nitrogens with zero attached hydrogens (tertiary/aromatic N) is 1. The van der Waals surface area contributed by atoms with Crippen LogP contribution in [0, 0.1) is 11.2 Å². The van der Waals surface area contributed by atoms with Gasteiger partial charge in [0.25, 0.3) is 0 Å². The Labute approximate surface area is 149 Å². The Bertz CT molecular complexity index is 756. The Balaban J connectivity index is 1.36. The fraction of sp³-hybridized carbons (Fsp3) is 0.444. The standard InChI is InChI=1S/C18H20FN3O2S/c19-13-3-1-12(2-4-13)14-11-25-17(20-14)22-16(23)21-15-5-6-18(15)7-9-24-10-8-18/h1-4,11,15H,5-10H2,(H2,20,21,22,23). The Hall–Kier alpha value is -1.99. The molecule has 5 nitrogen and oxygen atoms in total. The molecule has 1 aliphatic carbocycles. The highest BCUT2D eigenvalue weighted by molar-refractivity contribution is 7.14. The lowest BCUT2D eigenvalue weighted by Crippen LogP contribution is -2.57. The summed E-state index contributed by atoms with van der Waals surface area (Å²) in [4.78, 5) is 16.7. The molecular formula is C18H20FN3O2S. The van der Waals surface area contributed by atoms with E-state index in [1.54, 1.807) is 12.1 Å². The average Bonchev–Trinajstić information content (AvgIpc) is 3.08. The van der Waals surface area contributed by atoms with E-state index in [2.05, 4.69) is 15.6 Å². The molecule has 1 aliphatic heterocycles. The number of nitrogens with one attached hydrogen (secondary N) is 2. The molecule has 2 N–H and O–H groups in total. The molecule has 0 radical (unpaired) electrons. The van der Waals surface area contributed by atoms with E-state index in [4.69, 9.17) is 4.74 Å². The van der Waals surface area contributed by atoms with Gasteiger partial charge in [0, 0.05) is 30.2 Å². The topological polar surface area (TPSA) is 63.2 Å². The fourth-order valence-corrected chi connectivity index (χ4v) is 4.39. The van der Waals surface area contributed by atoms with Crippen molar-refractivity contribution < 1.29 is 13.9 Å². The minimum Gasteiger partial charge on any atom is -0.381 e. The second-order valence-corrected chi connectivity index (χ2v) is 7.57. The maximum absolute atomic E-state index is 13.0. The first-order chi connectivity index (χ1) is 12.1. The summed E-state index contributed by atoms with van der Waals surface area (Å²) in [5.41, 5.74) is 1.77.